The summed E-state index contributed by atoms with van der Waals surface area (Å²) in [4.78, 5) is 23.8. The Morgan fingerprint density at radius 3 is 2.52 bits per heavy atom. The van der Waals surface area contributed by atoms with Crippen LogP contribution in [0.2, 0.25) is 5.02 Å². The van der Waals surface area contributed by atoms with Gasteiger partial charge in [0.1, 0.15) is 19.0 Å². The molecule has 2 aromatic carbocycles. The lowest BCUT2D eigenvalue weighted by Crippen LogP contribution is -2.31. The maximum absolute atomic E-state index is 12.0. The highest BCUT2D eigenvalue weighted by Gasteiger charge is 2.13. The van der Waals surface area contributed by atoms with E-state index < -0.39 is 0 Å². The Morgan fingerprint density at radius 2 is 1.74 bits per heavy atom. The van der Waals surface area contributed by atoms with Gasteiger partial charge in [-0.1, -0.05) is 11.6 Å². The van der Waals surface area contributed by atoms with Gasteiger partial charge in [-0.25, -0.2) is 0 Å². The van der Waals surface area contributed by atoms with Crippen LogP contribution < -0.4 is 24.8 Å². The molecule has 0 spiro atoms. The van der Waals surface area contributed by atoms with Crippen molar-refractivity contribution in [2.45, 2.75) is 6.42 Å². The summed E-state index contributed by atoms with van der Waals surface area (Å²) in [5.74, 6) is 1.28. The predicted octanol–water partition coefficient (Wildman–Crippen LogP) is 2.64. The van der Waals surface area contributed by atoms with Gasteiger partial charge in [0.05, 0.1) is 0 Å². The maximum atomic E-state index is 12.0. The molecule has 0 unspecified atom stereocenters. The molecule has 7 nitrogen and oxygen atoms in total. The van der Waals surface area contributed by atoms with Crippen molar-refractivity contribution in [2.24, 2.45) is 0 Å². The third kappa shape index (κ3) is 5.79. The van der Waals surface area contributed by atoms with E-state index in [1.54, 1.807) is 42.5 Å². The number of hydrogen-bond donors (Lipinski definition) is 2. The highest BCUT2D eigenvalue weighted by atomic mass is 35.5. The summed E-state index contributed by atoms with van der Waals surface area (Å²) in [5, 5.41) is 5.99. The molecule has 2 amide bonds. The zero-order chi connectivity index (χ0) is 19.1. The Kier molecular flexibility index (Phi) is 6.38. The van der Waals surface area contributed by atoms with Crippen LogP contribution in [-0.4, -0.2) is 38.2 Å². The largest absolute Gasteiger partial charge is 0.486 e. The topological polar surface area (TPSA) is 85.9 Å². The van der Waals surface area contributed by atoms with Crippen LogP contribution in [0.1, 0.15) is 6.42 Å². The van der Waals surface area contributed by atoms with Crippen LogP contribution in [0.25, 0.3) is 0 Å². The van der Waals surface area contributed by atoms with Crippen LogP contribution in [0.3, 0.4) is 0 Å². The van der Waals surface area contributed by atoms with E-state index in [4.69, 9.17) is 25.8 Å². The van der Waals surface area contributed by atoms with Crippen molar-refractivity contribution in [3.63, 3.8) is 0 Å². The SMILES string of the molecule is O=C(COc1ccc(Cl)cc1)NCCC(=O)Nc1ccc2c(c1)OCCO2. The van der Waals surface area contributed by atoms with Gasteiger partial charge in [-0.15, -0.1) is 0 Å². The number of nitrogens with one attached hydrogen (secondary N) is 2. The summed E-state index contributed by atoms with van der Waals surface area (Å²) in [6.45, 7) is 1.07. The van der Waals surface area contributed by atoms with Gasteiger partial charge >= 0.3 is 0 Å². The quantitative estimate of drug-likeness (QED) is 0.759. The first kappa shape index (κ1) is 18.8. The maximum Gasteiger partial charge on any atom is 0.257 e. The fourth-order valence-corrected chi connectivity index (χ4v) is 2.52. The summed E-state index contributed by atoms with van der Waals surface area (Å²) in [6, 6.07) is 11.9. The number of ether oxygens (including phenoxy) is 3. The number of amides is 2. The molecule has 142 valence electrons. The Morgan fingerprint density at radius 1 is 1.00 bits per heavy atom. The lowest BCUT2D eigenvalue weighted by atomic mass is 10.2. The first-order chi connectivity index (χ1) is 13.1. The molecule has 0 bridgehead atoms. The lowest BCUT2D eigenvalue weighted by molar-refractivity contribution is -0.123. The summed E-state index contributed by atoms with van der Waals surface area (Å²) in [7, 11) is 0. The van der Waals surface area contributed by atoms with Gasteiger partial charge in [0.25, 0.3) is 5.91 Å². The molecule has 8 heteroatoms. The Hall–Kier alpha value is -2.93. The second-order valence-electron chi connectivity index (χ2n) is 5.75. The van der Waals surface area contributed by atoms with Crippen molar-refractivity contribution >= 4 is 29.1 Å². The monoisotopic (exact) mass is 390 g/mol. The molecule has 0 radical (unpaired) electrons. The molecule has 1 heterocycles. The third-order valence-electron chi connectivity index (χ3n) is 3.68. The number of carbonyl (C=O) groups is 2. The second-order valence-corrected chi connectivity index (χ2v) is 6.19. The van der Waals surface area contributed by atoms with Crippen LogP contribution >= 0.6 is 11.6 Å². The Bertz CT molecular complexity index is 810. The van der Waals surface area contributed by atoms with E-state index in [2.05, 4.69) is 10.6 Å². The van der Waals surface area contributed by atoms with Crippen LogP contribution in [0.5, 0.6) is 17.2 Å². The fourth-order valence-electron chi connectivity index (χ4n) is 2.39. The normalized spacial score (nSPS) is 12.2. The number of rotatable bonds is 7. The molecule has 1 aliphatic rings. The Balaban J connectivity index is 1.36. The second kappa shape index (κ2) is 9.14. The molecule has 0 aliphatic carbocycles. The van der Waals surface area contributed by atoms with Crippen molar-refractivity contribution < 1.29 is 23.8 Å². The van der Waals surface area contributed by atoms with E-state index in [0.29, 0.717) is 41.2 Å². The lowest BCUT2D eigenvalue weighted by Gasteiger charge is -2.19. The molecular formula is C19H19ClN2O5. The molecule has 2 N–H and O–H groups in total. The predicted molar refractivity (Wildman–Crippen MR) is 101 cm³/mol. The van der Waals surface area contributed by atoms with Gasteiger partial charge in [-0.05, 0) is 36.4 Å². The van der Waals surface area contributed by atoms with Crippen molar-refractivity contribution in [1.82, 2.24) is 5.32 Å². The highest BCUT2D eigenvalue weighted by molar-refractivity contribution is 6.30. The van der Waals surface area contributed by atoms with Gasteiger partial charge in [0, 0.05) is 29.7 Å². The van der Waals surface area contributed by atoms with Crippen LogP contribution in [0, 0.1) is 0 Å². The first-order valence-electron chi connectivity index (χ1n) is 8.45. The minimum Gasteiger partial charge on any atom is -0.486 e. The molecule has 0 saturated carbocycles. The molecule has 2 aromatic rings. The molecule has 3 rings (SSSR count). The van der Waals surface area contributed by atoms with Gasteiger partial charge in [-0.3, -0.25) is 9.59 Å². The van der Waals surface area contributed by atoms with Gasteiger partial charge in [0.2, 0.25) is 5.91 Å². The Labute approximate surface area is 161 Å². The minimum atomic E-state index is -0.308. The number of hydrogen-bond acceptors (Lipinski definition) is 5. The van der Waals surface area contributed by atoms with Gasteiger partial charge < -0.3 is 24.8 Å². The smallest absolute Gasteiger partial charge is 0.257 e. The van der Waals surface area contributed by atoms with Crippen LogP contribution in [-0.2, 0) is 9.59 Å². The standard InChI is InChI=1S/C19H19ClN2O5/c20-13-1-4-15(5-2-13)27-12-19(24)21-8-7-18(23)22-14-3-6-16-17(11-14)26-10-9-25-16/h1-6,11H,7-10,12H2,(H,21,24)(H,22,23). The van der Waals surface area contributed by atoms with Gasteiger partial charge in [0.15, 0.2) is 18.1 Å². The zero-order valence-corrected chi connectivity index (χ0v) is 15.3. The van der Waals surface area contributed by atoms with E-state index in [9.17, 15) is 9.59 Å². The van der Waals surface area contributed by atoms with Crippen LogP contribution in [0.4, 0.5) is 5.69 Å². The average Bonchev–Trinajstić information content (AvgIpc) is 2.67. The number of fused-ring (bicyclic) bond motifs is 1. The molecule has 0 atom stereocenters. The summed E-state index contributed by atoms with van der Waals surface area (Å²) in [5.41, 5.74) is 0.613. The van der Waals surface area contributed by atoms with Crippen molar-refractivity contribution in [1.29, 1.82) is 0 Å². The highest BCUT2D eigenvalue weighted by Crippen LogP contribution is 2.32. The summed E-state index contributed by atoms with van der Waals surface area (Å²) < 4.78 is 16.2. The molecule has 27 heavy (non-hydrogen) atoms. The molecule has 0 aromatic heterocycles. The van der Waals surface area contributed by atoms with E-state index in [1.165, 1.54) is 0 Å². The fraction of sp³-hybridized carbons (Fsp3) is 0.263. The molecular weight excluding hydrogens is 372 g/mol. The van der Waals surface area contributed by atoms with Crippen molar-refractivity contribution in [3.05, 3.63) is 47.5 Å². The number of anilines is 1. The summed E-state index contributed by atoms with van der Waals surface area (Å²) in [6.07, 6.45) is 0.140. The number of halogens is 1. The minimum absolute atomic E-state index is 0.134. The molecule has 0 fully saturated rings. The summed E-state index contributed by atoms with van der Waals surface area (Å²) >= 11 is 5.78. The average molecular weight is 391 g/mol. The van der Waals surface area contributed by atoms with E-state index in [0.717, 1.165) is 0 Å². The van der Waals surface area contributed by atoms with Crippen molar-refractivity contribution in [3.8, 4) is 17.2 Å². The molecule has 0 saturated heterocycles. The zero-order valence-electron chi connectivity index (χ0n) is 14.5. The number of carbonyl (C=O) groups excluding carboxylic acids is 2. The van der Waals surface area contributed by atoms with Crippen molar-refractivity contribution in [2.75, 3.05) is 31.7 Å². The molecule has 1 aliphatic heterocycles. The third-order valence-corrected chi connectivity index (χ3v) is 3.94. The van der Waals surface area contributed by atoms with E-state index in [1.807, 2.05) is 0 Å². The van der Waals surface area contributed by atoms with E-state index >= 15 is 0 Å². The van der Waals surface area contributed by atoms with Crippen LogP contribution in [0.15, 0.2) is 42.5 Å². The first-order valence-corrected chi connectivity index (χ1v) is 8.82. The van der Waals surface area contributed by atoms with E-state index in [-0.39, 0.29) is 31.4 Å². The van der Waals surface area contributed by atoms with Gasteiger partial charge in [-0.2, -0.15) is 0 Å². The number of benzene rings is 2.